The first-order chi connectivity index (χ1) is 8.56. The predicted octanol–water partition coefficient (Wildman–Crippen LogP) is 2.22. The molecule has 1 aromatic rings. The lowest BCUT2D eigenvalue weighted by atomic mass is 10.1. The van der Waals surface area contributed by atoms with Crippen LogP contribution >= 0.6 is 0 Å². The quantitative estimate of drug-likeness (QED) is 0.713. The number of carbonyl (C=O) groups excluding carboxylic acids is 1. The molecule has 1 fully saturated rings. The molecule has 4 heteroatoms. The summed E-state index contributed by atoms with van der Waals surface area (Å²) in [6, 6.07) is 5.16. The van der Waals surface area contributed by atoms with Crippen LogP contribution in [0.25, 0.3) is 0 Å². The van der Waals surface area contributed by atoms with Crippen LogP contribution in [0, 0.1) is 11.8 Å². The summed E-state index contributed by atoms with van der Waals surface area (Å²) in [6.07, 6.45) is 3.89. The van der Waals surface area contributed by atoms with E-state index in [0.29, 0.717) is 11.3 Å². The van der Waals surface area contributed by atoms with Gasteiger partial charge in [0, 0.05) is 12.1 Å². The normalized spacial score (nSPS) is 22.9. The molecule has 0 heterocycles. The Morgan fingerprint density at radius 3 is 2.78 bits per heavy atom. The Kier molecular flexibility index (Phi) is 3.75. The molecule has 0 aliphatic heterocycles. The van der Waals surface area contributed by atoms with E-state index in [-0.39, 0.29) is 0 Å². The van der Waals surface area contributed by atoms with Gasteiger partial charge in [0.05, 0.1) is 11.4 Å². The molecule has 2 atom stereocenters. The summed E-state index contributed by atoms with van der Waals surface area (Å²) in [5.74, 6) is 1.12. The number of nitrogen functional groups attached to an aromatic ring is 1. The molecule has 5 N–H and O–H groups in total. The van der Waals surface area contributed by atoms with Crippen molar-refractivity contribution < 1.29 is 4.79 Å². The van der Waals surface area contributed by atoms with E-state index >= 15 is 0 Å². The van der Waals surface area contributed by atoms with E-state index in [1.807, 2.05) is 6.07 Å². The maximum Gasteiger partial charge on any atom is 0.248 e. The predicted molar refractivity (Wildman–Crippen MR) is 74.4 cm³/mol. The number of anilines is 2. The average Bonchev–Trinajstić information content (AvgIpc) is 2.73. The number of nitrogens with one attached hydrogen (secondary N) is 1. The third-order valence-electron chi connectivity index (χ3n) is 3.72. The highest BCUT2D eigenvalue weighted by Crippen LogP contribution is 2.31. The minimum Gasteiger partial charge on any atom is -0.397 e. The van der Waals surface area contributed by atoms with Crippen LogP contribution in [-0.4, -0.2) is 12.5 Å². The summed E-state index contributed by atoms with van der Waals surface area (Å²) in [7, 11) is 0. The van der Waals surface area contributed by atoms with Crippen LogP contribution in [0.15, 0.2) is 18.2 Å². The highest BCUT2D eigenvalue weighted by molar-refractivity contribution is 5.94. The monoisotopic (exact) mass is 247 g/mol. The van der Waals surface area contributed by atoms with Crippen molar-refractivity contribution in [1.82, 2.24) is 0 Å². The SMILES string of the molecule is CC1CCC(CNc2ccc(C(N)=O)cc2N)C1. The number of hydrogen-bond donors (Lipinski definition) is 3. The highest BCUT2D eigenvalue weighted by Gasteiger charge is 2.21. The Morgan fingerprint density at radius 1 is 1.44 bits per heavy atom. The maximum absolute atomic E-state index is 11.0. The first-order valence-corrected chi connectivity index (χ1v) is 6.49. The Morgan fingerprint density at radius 2 is 2.22 bits per heavy atom. The largest absolute Gasteiger partial charge is 0.397 e. The zero-order chi connectivity index (χ0) is 13.1. The Labute approximate surface area is 108 Å². The van der Waals surface area contributed by atoms with Crippen molar-refractivity contribution in [2.24, 2.45) is 17.6 Å². The lowest BCUT2D eigenvalue weighted by molar-refractivity contribution is 0.100. The van der Waals surface area contributed by atoms with Crippen LogP contribution in [0.4, 0.5) is 11.4 Å². The Balaban J connectivity index is 1.95. The highest BCUT2D eigenvalue weighted by atomic mass is 16.1. The number of amides is 1. The van der Waals surface area contributed by atoms with Crippen molar-refractivity contribution in [2.45, 2.75) is 26.2 Å². The Bertz CT molecular complexity index is 445. The number of benzene rings is 1. The molecule has 98 valence electrons. The molecule has 0 spiro atoms. The zero-order valence-corrected chi connectivity index (χ0v) is 10.8. The maximum atomic E-state index is 11.0. The Hall–Kier alpha value is -1.71. The van der Waals surface area contributed by atoms with Crippen LogP contribution in [0.2, 0.25) is 0 Å². The van der Waals surface area contributed by atoms with Gasteiger partial charge >= 0.3 is 0 Å². The molecule has 0 saturated heterocycles. The van der Waals surface area contributed by atoms with Gasteiger partial charge in [0.1, 0.15) is 0 Å². The van der Waals surface area contributed by atoms with E-state index in [1.54, 1.807) is 12.1 Å². The van der Waals surface area contributed by atoms with Gasteiger partial charge in [0.15, 0.2) is 0 Å². The fraction of sp³-hybridized carbons (Fsp3) is 0.500. The molecule has 18 heavy (non-hydrogen) atoms. The zero-order valence-electron chi connectivity index (χ0n) is 10.8. The third-order valence-corrected chi connectivity index (χ3v) is 3.72. The van der Waals surface area contributed by atoms with E-state index < -0.39 is 5.91 Å². The van der Waals surface area contributed by atoms with Gasteiger partial charge in [-0.25, -0.2) is 0 Å². The smallest absolute Gasteiger partial charge is 0.248 e. The lowest BCUT2D eigenvalue weighted by Gasteiger charge is -2.14. The van der Waals surface area contributed by atoms with Gasteiger partial charge in [0.25, 0.3) is 0 Å². The molecule has 1 saturated carbocycles. The number of rotatable bonds is 4. The van der Waals surface area contributed by atoms with E-state index in [1.165, 1.54) is 19.3 Å². The second-order valence-corrected chi connectivity index (χ2v) is 5.33. The molecule has 1 aliphatic rings. The van der Waals surface area contributed by atoms with Gasteiger partial charge in [-0.3, -0.25) is 4.79 Å². The van der Waals surface area contributed by atoms with Crippen molar-refractivity contribution >= 4 is 17.3 Å². The first kappa shape index (κ1) is 12.7. The summed E-state index contributed by atoms with van der Waals surface area (Å²) < 4.78 is 0. The topological polar surface area (TPSA) is 81.1 Å². The standard InChI is InChI=1S/C14H21N3O/c1-9-2-3-10(6-9)8-17-13-5-4-11(14(16)18)7-12(13)15/h4-5,7,9-10,17H,2-3,6,8,15H2,1H3,(H2,16,18). The van der Waals surface area contributed by atoms with Gasteiger partial charge in [-0.1, -0.05) is 13.3 Å². The van der Waals surface area contributed by atoms with Crippen LogP contribution < -0.4 is 16.8 Å². The third kappa shape index (κ3) is 2.94. The van der Waals surface area contributed by atoms with E-state index in [9.17, 15) is 4.79 Å². The minimum absolute atomic E-state index is 0.446. The second-order valence-electron chi connectivity index (χ2n) is 5.33. The van der Waals surface area contributed by atoms with Gasteiger partial charge in [0.2, 0.25) is 5.91 Å². The van der Waals surface area contributed by atoms with E-state index in [4.69, 9.17) is 11.5 Å². The molecular weight excluding hydrogens is 226 g/mol. The van der Waals surface area contributed by atoms with Crippen LogP contribution in [-0.2, 0) is 0 Å². The summed E-state index contributed by atoms with van der Waals surface area (Å²) in [5.41, 5.74) is 13.0. The van der Waals surface area contributed by atoms with E-state index in [2.05, 4.69) is 12.2 Å². The molecule has 0 aromatic heterocycles. The van der Waals surface area contributed by atoms with Crippen molar-refractivity contribution in [3.63, 3.8) is 0 Å². The van der Waals surface area contributed by atoms with Crippen LogP contribution in [0.5, 0.6) is 0 Å². The fourth-order valence-corrected chi connectivity index (χ4v) is 2.64. The van der Waals surface area contributed by atoms with Crippen LogP contribution in [0.1, 0.15) is 36.5 Å². The fourth-order valence-electron chi connectivity index (χ4n) is 2.64. The molecular formula is C14H21N3O. The molecule has 2 rings (SSSR count). The average molecular weight is 247 g/mol. The molecule has 2 unspecified atom stereocenters. The van der Waals surface area contributed by atoms with Crippen molar-refractivity contribution in [2.75, 3.05) is 17.6 Å². The summed E-state index contributed by atoms with van der Waals surface area (Å²) >= 11 is 0. The van der Waals surface area contributed by atoms with Gasteiger partial charge in [-0.15, -0.1) is 0 Å². The van der Waals surface area contributed by atoms with Gasteiger partial charge in [-0.2, -0.15) is 0 Å². The molecule has 0 bridgehead atoms. The molecule has 1 aliphatic carbocycles. The second kappa shape index (κ2) is 5.29. The van der Waals surface area contributed by atoms with Crippen molar-refractivity contribution in [3.05, 3.63) is 23.8 Å². The minimum atomic E-state index is -0.446. The number of hydrogen-bond acceptors (Lipinski definition) is 3. The molecule has 1 aromatic carbocycles. The summed E-state index contributed by atoms with van der Waals surface area (Å²) in [5, 5.41) is 3.36. The van der Waals surface area contributed by atoms with Crippen LogP contribution in [0.3, 0.4) is 0 Å². The number of nitrogens with two attached hydrogens (primary N) is 2. The van der Waals surface area contributed by atoms with Gasteiger partial charge < -0.3 is 16.8 Å². The number of primary amides is 1. The summed E-state index contributed by atoms with van der Waals surface area (Å²) in [4.78, 5) is 11.0. The number of carbonyl (C=O) groups is 1. The van der Waals surface area contributed by atoms with E-state index in [0.717, 1.165) is 24.1 Å². The van der Waals surface area contributed by atoms with Crippen molar-refractivity contribution in [3.8, 4) is 0 Å². The van der Waals surface area contributed by atoms with Crippen molar-refractivity contribution in [1.29, 1.82) is 0 Å². The molecule has 1 amide bonds. The lowest BCUT2D eigenvalue weighted by Crippen LogP contribution is -2.14. The first-order valence-electron chi connectivity index (χ1n) is 6.49. The summed E-state index contributed by atoms with van der Waals surface area (Å²) in [6.45, 7) is 3.25. The molecule has 4 nitrogen and oxygen atoms in total. The molecule has 0 radical (unpaired) electrons. The van der Waals surface area contributed by atoms with Gasteiger partial charge in [-0.05, 0) is 42.9 Å².